The number of anilines is 2. The second kappa shape index (κ2) is 5.96. The van der Waals surface area contributed by atoms with Crippen molar-refractivity contribution in [2.75, 3.05) is 11.5 Å². The van der Waals surface area contributed by atoms with Crippen molar-refractivity contribution >= 4 is 17.3 Å². The van der Waals surface area contributed by atoms with E-state index in [-0.39, 0.29) is 12.1 Å². The first kappa shape index (κ1) is 15.7. The number of carbonyl (C=O) groups excluding carboxylic acids is 1. The van der Waals surface area contributed by atoms with Gasteiger partial charge in [-0.15, -0.1) is 0 Å². The summed E-state index contributed by atoms with van der Waals surface area (Å²) in [6.45, 7) is 6.83. The third-order valence-corrected chi connectivity index (χ3v) is 4.39. The van der Waals surface area contributed by atoms with Crippen molar-refractivity contribution in [2.24, 2.45) is 11.3 Å². The average Bonchev–Trinajstić information content (AvgIpc) is 2.37. The Kier molecular flexibility index (Phi) is 4.45. The van der Waals surface area contributed by atoms with E-state index in [1.165, 1.54) is 0 Å². The van der Waals surface area contributed by atoms with Gasteiger partial charge in [0.1, 0.15) is 6.10 Å². The molecule has 21 heavy (non-hydrogen) atoms. The van der Waals surface area contributed by atoms with Crippen LogP contribution in [0.1, 0.15) is 56.8 Å². The monoisotopic (exact) mass is 290 g/mol. The fraction of sp³-hybridized carbons (Fsp3) is 0.588. The third-order valence-electron chi connectivity index (χ3n) is 4.39. The summed E-state index contributed by atoms with van der Waals surface area (Å²) in [6.07, 6.45) is 4.11. The van der Waals surface area contributed by atoms with Gasteiger partial charge in [-0.05, 0) is 55.2 Å². The van der Waals surface area contributed by atoms with E-state index >= 15 is 0 Å². The van der Waals surface area contributed by atoms with Crippen LogP contribution in [0.5, 0.6) is 0 Å². The lowest BCUT2D eigenvalue weighted by Crippen LogP contribution is -2.30. The van der Waals surface area contributed by atoms with Crippen molar-refractivity contribution in [2.45, 2.75) is 52.6 Å². The number of hydrogen-bond acceptors (Lipinski definition) is 4. The van der Waals surface area contributed by atoms with E-state index in [0.717, 1.165) is 25.7 Å². The van der Waals surface area contributed by atoms with Gasteiger partial charge in [-0.2, -0.15) is 0 Å². The molecule has 4 nitrogen and oxygen atoms in total. The first-order chi connectivity index (χ1) is 9.75. The molecule has 1 aliphatic rings. The Morgan fingerprint density at radius 1 is 1.05 bits per heavy atom. The van der Waals surface area contributed by atoms with Crippen LogP contribution in [0.4, 0.5) is 11.4 Å². The van der Waals surface area contributed by atoms with Gasteiger partial charge in [0.05, 0.1) is 5.56 Å². The van der Waals surface area contributed by atoms with E-state index in [1.54, 1.807) is 18.2 Å². The summed E-state index contributed by atoms with van der Waals surface area (Å²) < 4.78 is 5.60. The minimum atomic E-state index is -0.326. The summed E-state index contributed by atoms with van der Waals surface area (Å²) in [6, 6.07) is 4.85. The maximum absolute atomic E-state index is 12.2. The van der Waals surface area contributed by atoms with E-state index in [0.29, 0.717) is 28.3 Å². The van der Waals surface area contributed by atoms with E-state index in [2.05, 4.69) is 20.8 Å². The van der Waals surface area contributed by atoms with Crippen molar-refractivity contribution < 1.29 is 9.53 Å². The molecular formula is C17H26N2O2. The Balaban J connectivity index is 1.93. The minimum Gasteiger partial charge on any atom is -0.459 e. The van der Waals surface area contributed by atoms with E-state index in [1.807, 2.05) is 0 Å². The molecule has 0 amide bonds. The normalized spacial score (nSPS) is 22.8. The second-order valence-corrected chi connectivity index (χ2v) is 7.13. The highest BCUT2D eigenvalue weighted by Crippen LogP contribution is 2.38. The number of hydrogen-bond donors (Lipinski definition) is 2. The molecule has 1 saturated carbocycles. The maximum atomic E-state index is 12.2. The molecule has 1 aromatic carbocycles. The molecule has 2 rings (SSSR count). The Morgan fingerprint density at radius 3 is 2.05 bits per heavy atom. The number of ether oxygens (including phenoxy) is 1. The van der Waals surface area contributed by atoms with E-state index < -0.39 is 0 Å². The number of carbonyl (C=O) groups is 1. The van der Waals surface area contributed by atoms with Gasteiger partial charge in [-0.3, -0.25) is 0 Å². The molecular weight excluding hydrogens is 264 g/mol. The van der Waals surface area contributed by atoms with Crippen molar-refractivity contribution in [1.82, 2.24) is 0 Å². The third kappa shape index (κ3) is 4.13. The van der Waals surface area contributed by atoms with Crippen LogP contribution in [0.3, 0.4) is 0 Å². The second-order valence-electron chi connectivity index (χ2n) is 7.13. The molecule has 0 bridgehead atoms. The van der Waals surface area contributed by atoms with Gasteiger partial charge < -0.3 is 16.2 Å². The van der Waals surface area contributed by atoms with Crippen LogP contribution in [0, 0.1) is 11.3 Å². The SMILES string of the molecule is CC(C)(C)C1CCC(OC(=O)c2cc(N)cc(N)c2)CC1. The van der Waals surface area contributed by atoms with Crippen LogP contribution >= 0.6 is 0 Å². The number of benzene rings is 1. The Hall–Kier alpha value is -1.71. The zero-order valence-corrected chi connectivity index (χ0v) is 13.2. The van der Waals surface area contributed by atoms with Gasteiger partial charge in [-0.1, -0.05) is 20.8 Å². The molecule has 0 saturated heterocycles. The highest BCUT2D eigenvalue weighted by molar-refractivity contribution is 5.91. The Bertz CT molecular complexity index is 492. The van der Waals surface area contributed by atoms with Crippen LogP contribution in [0.15, 0.2) is 18.2 Å². The van der Waals surface area contributed by atoms with Crippen LogP contribution in [0.25, 0.3) is 0 Å². The van der Waals surface area contributed by atoms with E-state index in [9.17, 15) is 4.79 Å². The summed E-state index contributed by atoms with van der Waals surface area (Å²) in [4.78, 5) is 12.2. The standard InChI is InChI=1S/C17H26N2O2/c1-17(2,3)12-4-6-15(7-5-12)21-16(20)11-8-13(18)10-14(19)9-11/h8-10,12,15H,4-7,18-19H2,1-3H3. The molecule has 1 aliphatic carbocycles. The van der Waals surface area contributed by atoms with Crippen LogP contribution < -0.4 is 11.5 Å². The highest BCUT2D eigenvalue weighted by Gasteiger charge is 2.31. The molecule has 1 fully saturated rings. The summed E-state index contributed by atoms with van der Waals surface area (Å²) in [7, 11) is 0. The van der Waals surface area contributed by atoms with Crippen molar-refractivity contribution in [1.29, 1.82) is 0 Å². The molecule has 0 radical (unpaired) electrons. The Morgan fingerprint density at radius 2 is 1.57 bits per heavy atom. The number of rotatable bonds is 2. The lowest BCUT2D eigenvalue weighted by molar-refractivity contribution is 0.00930. The molecule has 0 heterocycles. The summed E-state index contributed by atoms with van der Waals surface area (Å²) >= 11 is 0. The van der Waals surface area contributed by atoms with Crippen molar-refractivity contribution in [3.05, 3.63) is 23.8 Å². The quantitative estimate of drug-likeness (QED) is 0.644. The zero-order chi connectivity index (χ0) is 15.6. The average molecular weight is 290 g/mol. The highest BCUT2D eigenvalue weighted by atomic mass is 16.5. The first-order valence-electron chi connectivity index (χ1n) is 7.63. The maximum Gasteiger partial charge on any atom is 0.338 e. The van der Waals surface area contributed by atoms with Crippen LogP contribution in [0.2, 0.25) is 0 Å². The van der Waals surface area contributed by atoms with Crippen molar-refractivity contribution in [3.8, 4) is 0 Å². The molecule has 4 N–H and O–H groups in total. The predicted octanol–water partition coefficient (Wildman–Crippen LogP) is 3.61. The largest absolute Gasteiger partial charge is 0.459 e. The van der Waals surface area contributed by atoms with Gasteiger partial charge >= 0.3 is 5.97 Å². The fourth-order valence-corrected chi connectivity index (χ4v) is 3.06. The lowest BCUT2D eigenvalue weighted by atomic mass is 9.72. The van der Waals surface area contributed by atoms with E-state index in [4.69, 9.17) is 16.2 Å². The van der Waals surface area contributed by atoms with Gasteiger partial charge in [0.2, 0.25) is 0 Å². The van der Waals surface area contributed by atoms with Gasteiger partial charge in [0.15, 0.2) is 0 Å². The zero-order valence-electron chi connectivity index (χ0n) is 13.2. The molecule has 0 unspecified atom stereocenters. The number of nitrogens with two attached hydrogens (primary N) is 2. The number of nitrogen functional groups attached to an aromatic ring is 2. The van der Waals surface area contributed by atoms with Gasteiger partial charge in [-0.25, -0.2) is 4.79 Å². The topological polar surface area (TPSA) is 78.3 Å². The summed E-state index contributed by atoms with van der Waals surface area (Å²) in [5, 5.41) is 0. The smallest absolute Gasteiger partial charge is 0.338 e. The summed E-state index contributed by atoms with van der Waals surface area (Å²) in [5.41, 5.74) is 13.2. The molecule has 0 spiro atoms. The van der Waals surface area contributed by atoms with Crippen LogP contribution in [-0.2, 0) is 4.74 Å². The minimum absolute atomic E-state index is 0.0127. The number of esters is 1. The van der Waals surface area contributed by atoms with Gasteiger partial charge in [0.25, 0.3) is 0 Å². The molecule has 0 aromatic heterocycles. The molecule has 4 heteroatoms. The van der Waals surface area contributed by atoms with Crippen LogP contribution in [-0.4, -0.2) is 12.1 Å². The molecule has 116 valence electrons. The molecule has 0 aliphatic heterocycles. The Labute approximate surface area is 126 Å². The molecule has 1 aromatic rings. The van der Waals surface area contributed by atoms with Crippen molar-refractivity contribution in [3.63, 3.8) is 0 Å². The summed E-state index contributed by atoms with van der Waals surface area (Å²) in [5.74, 6) is 0.378. The first-order valence-corrected chi connectivity index (χ1v) is 7.63. The molecule has 0 atom stereocenters. The predicted molar refractivity (Wildman–Crippen MR) is 85.9 cm³/mol. The lowest BCUT2D eigenvalue weighted by Gasteiger charge is -2.36. The van der Waals surface area contributed by atoms with Gasteiger partial charge in [0, 0.05) is 11.4 Å². The fourth-order valence-electron chi connectivity index (χ4n) is 3.06.